The Balaban J connectivity index is 2.83. The molecule has 21 heavy (non-hydrogen) atoms. The highest BCUT2D eigenvalue weighted by molar-refractivity contribution is 7.89. The number of amides is 1. The van der Waals surface area contributed by atoms with Gasteiger partial charge in [-0.3, -0.25) is 4.79 Å². The van der Waals surface area contributed by atoms with Crippen molar-refractivity contribution in [3.63, 3.8) is 0 Å². The zero-order chi connectivity index (χ0) is 15.9. The van der Waals surface area contributed by atoms with Gasteiger partial charge in [-0.15, -0.1) is 0 Å². The van der Waals surface area contributed by atoms with E-state index in [4.69, 9.17) is 10.00 Å². The average molecular weight is 311 g/mol. The Hall–Kier alpha value is -1.95. The predicted molar refractivity (Wildman–Crippen MR) is 75.9 cm³/mol. The molecular formula is C13H17N3O4S. The number of ether oxygens (including phenoxy) is 1. The second kappa shape index (κ2) is 7.73. The third-order valence-electron chi connectivity index (χ3n) is 2.69. The number of hydrogen-bond donors (Lipinski definition) is 1. The summed E-state index contributed by atoms with van der Waals surface area (Å²) in [6.45, 7) is 0.323. The molecule has 0 aromatic heterocycles. The summed E-state index contributed by atoms with van der Waals surface area (Å²) in [5.74, 6) is -0.437. The average Bonchev–Trinajstić information content (AvgIpc) is 2.47. The Morgan fingerprint density at radius 2 is 2.10 bits per heavy atom. The third kappa shape index (κ3) is 4.53. The fraction of sp³-hybridized carbons (Fsp3) is 0.385. The van der Waals surface area contributed by atoms with Crippen molar-refractivity contribution in [2.75, 3.05) is 33.9 Å². The molecule has 0 radical (unpaired) electrons. The van der Waals surface area contributed by atoms with E-state index in [1.165, 1.54) is 32.4 Å². The minimum absolute atomic E-state index is 0.0455. The largest absolute Gasteiger partial charge is 0.383 e. The van der Waals surface area contributed by atoms with Crippen molar-refractivity contribution in [2.24, 2.45) is 0 Å². The van der Waals surface area contributed by atoms with E-state index in [0.717, 1.165) is 4.31 Å². The zero-order valence-corrected chi connectivity index (χ0v) is 12.7. The molecule has 7 nitrogen and oxygen atoms in total. The van der Waals surface area contributed by atoms with Gasteiger partial charge in [0.15, 0.2) is 0 Å². The molecule has 0 spiro atoms. The van der Waals surface area contributed by atoms with Gasteiger partial charge in [0, 0.05) is 20.7 Å². The zero-order valence-electron chi connectivity index (χ0n) is 11.9. The molecule has 1 aromatic carbocycles. The van der Waals surface area contributed by atoms with Gasteiger partial charge in [-0.2, -0.15) is 9.57 Å². The van der Waals surface area contributed by atoms with Crippen LogP contribution in [0.15, 0.2) is 29.2 Å². The fourth-order valence-electron chi connectivity index (χ4n) is 1.59. The standard InChI is InChI=1S/C13H17N3O4S/c1-16(10-13(17)15-7-8-20-2)21(18,19)12-6-4-3-5-11(12)9-14/h3-6H,7-8,10H2,1-2H3,(H,15,17). The highest BCUT2D eigenvalue weighted by Crippen LogP contribution is 2.18. The first kappa shape index (κ1) is 17.1. The van der Waals surface area contributed by atoms with Crippen LogP contribution in [0.3, 0.4) is 0 Å². The predicted octanol–water partition coefficient (Wildman–Crippen LogP) is -0.0586. The van der Waals surface area contributed by atoms with Gasteiger partial charge in [-0.05, 0) is 12.1 Å². The highest BCUT2D eigenvalue weighted by Gasteiger charge is 2.25. The molecule has 1 amide bonds. The Bertz CT molecular complexity index is 637. The Morgan fingerprint density at radius 1 is 1.43 bits per heavy atom. The first-order valence-corrected chi connectivity index (χ1v) is 7.58. The van der Waals surface area contributed by atoms with Crippen molar-refractivity contribution < 1.29 is 17.9 Å². The molecule has 1 aromatic rings. The Morgan fingerprint density at radius 3 is 2.71 bits per heavy atom. The van der Waals surface area contributed by atoms with E-state index < -0.39 is 15.9 Å². The van der Waals surface area contributed by atoms with Crippen LogP contribution in [0.25, 0.3) is 0 Å². The van der Waals surface area contributed by atoms with Crippen LogP contribution in [0, 0.1) is 11.3 Å². The van der Waals surface area contributed by atoms with Crippen LogP contribution in [-0.4, -0.2) is 52.5 Å². The topological polar surface area (TPSA) is 99.5 Å². The number of rotatable bonds is 7. The molecule has 0 unspecified atom stereocenters. The summed E-state index contributed by atoms with van der Waals surface area (Å²) in [4.78, 5) is 11.5. The van der Waals surface area contributed by atoms with Crippen LogP contribution in [0.1, 0.15) is 5.56 Å². The molecule has 0 heterocycles. The van der Waals surface area contributed by atoms with E-state index in [1.54, 1.807) is 6.07 Å². The van der Waals surface area contributed by atoms with Crippen LogP contribution in [0.2, 0.25) is 0 Å². The lowest BCUT2D eigenvalue weighted by Crippen LogP contribution is -2.39. The molecule has 0 saturated heterocycles. The lowest BCUT2D eigenvalue weighted by atomic mass is 10.2. The molecule has 0 fully saturated rings. The van der Waals surface area contributed by atoms with Crippen LogP contribution < -0.4 is 5.32 Å². The maximum absolute atomic E-state index is 12.3. The van der Waals surface area contributed by atoms with Gasteiger partial charge in [-0.25, -0.2) is 8.42 Å². The summed E-state index contributed by atoms with van der Waals surface area (Å²) < 4.78 is 30.4. The van der Waals surface area contributed by atoms with Gasteiger partial charge in [0.25, 0.3) is 0 Å². The van der Waals surface area contributed by atoms with Crippen molar-refractivity contribution in [3.05, 3.63) is 29.8 Å². The molecule has 1 rings (SSSR count). The van der Waals surface area contributed by atoms with Crippen molar-refractivity contribution in [1.29, 1.82) is 5.26 Å². The van der Waals surface area contributed by atoms with Crippen molar-refractivity contribution in [2.45, 2.75) is 4.90 Å². The maximum Gasteiger partial charge on any atom is 0.244 e. The van der Waals surface area contributed by atoms with Gasteiger partial charge in [0.05, 0.1) is 23.6 Å². The fourth-order valence-corrected chi connectivity index (χ4v) is 2.85. The van der Waals surface area contributed by atoms with Crippen molar-refractivity contribution in [1.82, 2.24) is 9.62 Å². The van der Waals surface area contributed by atoms with E-state index in [0.29, 0.717) is 13.2 Å². The van der Waals surface area contributed by atoms with Crippen LogP contribution in [-0.2, 0) is 19.6 Å². The number of benzene rings is 1. The normalized spacial score (nSPS) is 11.1. The summed E-state index contributed by atoms with van der Waals surface area (Å²) in [7, 11) is -1.10. The number of likely N-dealkylation sites (N-methyl/N-ethyl adjacent to an activating group) is 1. The lowest BCUT2D eigenvalue weighted by molar-refractivity contribution is -0.121. The molecule has 0 aliphatic carbocycles. The molecule has 1 N–H and O–H groups in total. The SMILES string of the molecule is COCCNC(=O)CN(C)S(=O)(=O)c1ccccc1C#N. The van der Waals surface area contributed by atoms with Crippen LogP contribution in [0.5, 0.6) is 0 Å². The summed E-state index contributed by atoms with van der Waals surface area (Å²) in [5, 5.41) is 11.5. The van der Waals surface area contributed by atoms with Gasteiger partial charge < -0.3 is 10.1 Å². The van der Waals surface area contributed by atoms with E-state index in [1.807, 2.05) is 6.07 Å². The second-order valence-electron chi connectivity index (χ2n) is 4.21. The minimum Gasteiger partial charge on any atom is -0.383 e. The first-order valence-electron chi connectivity index (χ1n) is 6.14. The Kier molecular flexibility index (Phi) is 6.30. The van der Waals surface area contributed by atoms with Crippen LogP contribution >= 0.6 is 0 Å². The first-order chi connectivity index (χ1) is 9.93. The highest BCUT2D eigenvalue weighted by atomic mass is 32.2. The Labute approximate surface area is 124 Å². The summed E-state index contributed by atoms with van der Waals surface area (Å²) in [6, 6.07) is 7.69. The van der Waals surface area contributed by atoms with Gasteiger partial charge in [-0.1, -0.05) is 12.1 Å². The molecule has 0 saturated carbocycles. The molecule has 8 heteroatoms. The molecule has 0 atom stereocenters. The van der Waals surface area contributed by atoms with Gasteiger partial charge >= 0.3 is 0 Å². The number of nitrogens with zero attached hydrogens (tertiary/aromatic N) is 2. The number of methoxy groups -OCH3 is 1. The van der Waals surface area contributed by atoms with E-state index in [2.05, 4.69) is 5.32 Å². The monoisotopic (exact) mass is 311 g/mol. The van der Waals surface area contributed by atoms with Crippen molar-refractivity contribution >= 4 is 15.9 Å². The maximum atomic E-state index is 12.3. The third-order valence-corrected chi connectivity index (χ3v) is 4.55. The molecule has 0 bridgehead atoms. The van der Waals surface area contributed by atoms with E-state index in [9.17, 15) is 13.2 Å². The number of nitrogens with one attached hydrogen (secondary N) is 1. The molecular weight excluding hydrogens is 294 g/mol. The summed E-state index contributed by atoms with van der Waals surface area (Å²) in [5.41, 5.74) is 0.0455. The second-order valence-corrected chi connectivity index (χ2v) is 6.23. The molecule has 0 aliphatic rings. The number of sulfonamides is 1. The lowest BCUT2D eigenvalue weighted by Gasteiger charge is -2.17. The van der Waals surface area contributed by atoms with Crippen LogP contribution in [0.4, 0.5) is 0 Å². The smallest absolute Gasteiger partial charge is 0.244 e. The van der Waals surface area contributed by atoms with E-state index >= 15 is 0 Å². The number of carbonyl (C=O) groups is 1. The number of hydrogen-bond acceptors (Lipinski definition) is 5. The number of nitriles is 1. The number of carbonyl (C=O) groups excluding carboxylic acids is 1. The van der Waals surface area contributed by atoms with E-state index in [-0.39, 0.29) is 17.0 Å². The molecule has 114 valence electrons. The minimum atomic E-state index is -3.89. The van der Waals surface area contributed by atoms with Gasteiger partial charge in [0.2, 0.25) is 15.9 Å². The molecule has 0 aliphatic heterocycles. The summed E-state index contributed by atoms with van der Waals surface area (Å²) >= 11 is 0. The van der Waals surface area contributed by atoms with Gasteiger partial charge in [0.1, 0.15) is 6.07 Å². The van der Waals surface area contributed by atoms with Crippen molar-refractivity contribution in [3.8, 4) is 6.07 Å². The summed E-state index contributed by atoms with van der Waals surface area (Å²) in [6.07, 6.45) is 0. The quantitative estimate of drug-likeness (QED) is 0.711.